The van der Waals surface area contributed by atoms with Crippen LogP contribution in [0.1, 0.15) is 28.4 Å². The van der Waals surface area contributed by atoms with E-state index in [1.54, 1.807) is 24.4 Å². The zero-order valence-corrected chi connectivity index (χ0v) is 14.4. The fourth-order valence-corrected chi connectivity index (χ4v) is 3.55. The van der Waals surface area contributed by atoms with Gasteiger partial charge >= 0.3 is 0 Å². The van der Waals surface area contributed by atoms with Crippen molar-refractivity contribution in [3.63, 3.8) is 0 Å². The first-order valence-corrected chi connectivity index (χ1v) is 8.90. The number of benzene rings is 1. The van der Waals surface area contributed by atoms with E-state index in [1.807, 2.05) is 6.07 Å². The van der Waals surface area contributed by atoms with E-state index in [0.717, 1.165) is 26.1 Å². The number of hydrogen-bond acceptors (Lipinski definition) is 3. The van der Waals surface area contributed by atoms with Gasteiger partial charge in [-0.3, -0.25) is 9.20 Å². The average Bonchev–Trinajstić information content (AvgIpc) is 3.28. The van der Waals surface area contributed by atoms with Gasteiger partial charge in [0, 0.05) is 25.8 Å². The van der Waals surface area contributed by atoms with Gasteiger partial charge in [0.25, 0.3) is 5.91 Å². The van der Waals surface area contributed by atoms with Crippen LogP contribution in [0.5, 0.6) is 0 Å². The molecule has 2 aromatic heterocycles. The average molecular weight is 352 g/mol. The fraction of sp³-hybridized carbons (Fsp3) is 0.300. The van der Waals surface area contributed by atoms with Gasteiger partial charge in [-0.25, -0.2) is 4.98 Å². The van der Waals surface area contributed by atoms with Crippen LogP contribution in [0.15, 0.2) is 54.7 Å². The van der Waals surface area contributed by atoms with Crippen molar-refractivity contribution >= 4 is 11.6 Å². The first kappa shape index (κ1) is 16.7. The highest BCUT2D eigenvalue weighted by Gasteiger charge is 2.24. The molecule has 1 aliphatic heterocycles. The quantitative estimate of drug-likeness (QED) is 0.768. The lowest BCUT2D eigenvalue weighted by molar-refractivity contribution is 0.0940. The maximum atomic E-state index is 14.3. The number of nitrogens with zero attached hydrogens (tertiary/aromatic N) is 3. The molecule has 1 aliphatic rings. The molecule has 0 spiro atoms. The molecule has 1 unspecified atom stereocenters. The van der Waals surface area contributed by atoms with Crippen molar-refractivity contribution in [3.8, 4) is 0 Å². The zero-order valence-electron chi connectivity index (χ0n) is 14.4. The number of hydrogen-bond donors (Lipinski definition) is 1. The molecule has 1 atom stereocenters. The number of likely N-dealkylation sites (tertiary alicyclic amines) is 1. The molecule has 1 amide bonds. The van der Waals surface area contributed by atoms with Gasteiger partial charge in [-0.1, -0.05) is 36.4 Å². The SMILES string of the molecule is O=C(NCCN1CCC(c2ccccc2)C1)c1nc2ccccn2c1F. The van der Waals surface area contributed by atoms with E-state index in [-0.39, 0.29) is 5.69 Å². The summed E-state index contributed by atoms with van der Waals surface area (Å²) < 4.78 is 15.6. The molecule has 0 saturated carbocycles. The topological polar surface area (TPSA) is 49.6 Å². The lowest BCUT2D eigenvalue weighted by Gasteiger charge is -2.16. The van der Waals surface area contributed by atoms with Gasteiger partial charge in [0.1, 0.15) is 5.65 Å². The minimum Gasteiger partial charge on any atom is -0.349 e. The van der Waals surface area contributed by atoms with E-state index in [1.165, 1.54) is 9.96 Å². The maximum absolute atomic E-state index is 14.3. The highest BCUT2D eigenvalue weighted by atomic mass is 19.1. The Morgan fingerprint density at radius 1 is 1.19 bits per heavy atom. The molecule has 1 aromatic carbocycles. The number of imidazole rings is 1. The summed E-state index contributed by atoms with van der Waals surface area (Å²) in [6.45, 7) is 3.23. The number of pyridine rings is 1. The summed E-state index contributed by atoms with van der Waals surface area (Å²) in [5.74, 6) is -0.545. The van der Waals surface area contributed by atoms with Gasteiger partial charge in [-0.05, 0) is 36.6 Å². The van der Waals surface area contributed by atoms with Crippen molar-refractivity contribution in [1.29, 1.82) is 0 Å². The summed E-state index contributed by atoms with van der Waals surface area (Å²) in [5.41, 5.74) is 1.64. The van der Waals surface area contributed by atoms with Gasteiger partial charge in [-0.15, -0.1) is 0 Å². The predicted molar refractivity (Wildman–Crippen MR) is 97.7 cm³/mol. The van der Waals surface area contributed by atoms with E-state index < -0.39 is 11.9 Å². The van der Waals surface area contributed by atoms with Crippen LogP contribution in [0.3, 0.4) is 0 Å². The lowest BCUT2D eigenvalue weighted by atomic mass is 9.99. The van der Waals surface area contributed by atoms with Gasteiger partial charge in [0.15, 0.2) is 5.69 Å². The third-order valence-corrected chi connectivity index (χ3v) is 4.94. The van der Waals surface area contributed by atoms with Crippen LogP contribution >= 0.6 is 0 Å². The first-order valence-electron chi connectivity index (χ1n) is 8.90. The molecule has 5 nitrogen and oxygen atoms in total. The van der Waals surface area contributed by atoms with E-state index in [9.17, 15) is 9.18 Å². The van der Waals surface area contributed by atoms with Crippen LogP contribution < -0.4 is 5.32 Å². The standard InChI is InChI=1S/C20H21FN4O/c21-19-18(23-17-8-4-5-11-25(17)19)20(26)22-10-13-24-12-9-16(14-24)15-6-2-1-3-7-15/h1-8,11,16H,9-10,12-14H2,(H,22,26). The molecule has 0 aliphatic carbocycles. The Morgan fingerprint density at radius 2 is 2.00 bits per heavy atom. The molecule has 134 valence electrons. The second-order valence-electron chi connectivity index (χ2n) is 6.63. The smallest absolute Gasteiger partial charge is 0.274 e. The first-order chi connectivity index (χ1) is 12.7. The molecular formula is C20H21FN4O. The molecular weight excluding hydrogens is 331 g/mol. The van der Waals surface area contributed by atoms with Crippen LogP contribution in [-0.4, -0.2) is 46.4 Å². The minimum absolute atomic E-state index is 0.153. The molecule has 26 heavy (non-hydrogen) atoms. The van der Waals surface area contributed by atoms with Gasteiger partial charge in [0.05, 0.1) is 0 Å². The molecule has 0 bridgehead atoms. The normalized spacial score (nSPS) is 17.7. The lowest BCUT2D eigenvalue weighted by Crippen LogP contribution is -2.34. The van der Waals surface area contributed by atoms with E-state index in [2.05, 4.69) is 39.5 Å². The molecule has 1 N–H and O–H groups in total. The highest BCUT2D eigenvalue weighted by molar-refractivity contribution is 5.93. The van der Waals surface area contributed by atoms with Crippen molar-refractivity contribution in [1.82, 2.24) is 19.6 Å². The Balaban J connectivity index is 1.31. The Morgan fingerprint density at radius 3 is 2.81 bits per heavy atom. The van der Waals surface area contributed by atoms with Gasteiger partial charge in [-0.2, -0.15) is 4.39 Å². The van der Waals surface area contributed by atoms with Gasteiger partial charge < -0.3 is 10.2 Å². The van der Waals surface area contributed by atoms with E-state index in [0.29, 0.717) is 18.1 Å². The number of aromatic nitrogens is 2. The van der Waals surface area contributed by atoms with Crippen molar-refractivity contribution in [2.75, 3.05) is 26.2 Å². The van der Waals surface area contributed by atoms with Crippen molar-refractivity contribution in [3.05, 3.63) is 71.9 Å². The Labute approximate surface area is 151 Å². The number of carbonyl (C=O) groups excluding carboxylic acids is 1. The van der Waals surface area contributed by atoms with Crippen molar-refractivity contribution in [2.45, 2.75) is 12.3 Å². The van der Waals surface area contributed by atoms with Crippen LogP contribution in [-0.2, 0) is 0 Å². The van der Waals surface area contributed by atoms with E-state index in [4.69, 9.17) is 0 Å². The van der Waals surface area contributed by atoms with Crippen molar-refractivity contribution < 1.29 is 9.18 Å². The number of nitrogens with one attached hydrogen (secondary N) is 1. The fourth-order valence-electron chi connectivity index (χ4n) is 3.55. The van der Waals surface area contributed by atoms with Crippen LogP contribution in [0.2, 0.25) is 0 Å². The number of fused-ring (bicyclic) bond motifs is 1. The minimum atomic E-state index is -0.622. The molecule has 3 heterocycles. The third kappa shape index (κ3) is 3.32. The van der Waals surface area contributed by atoms with Crippen molar-refractivity contribution in [2.24, 2.45) is 0 Å². The molecule has 0 radical (unpaired) electrons. The number of carbonyl (C=O) groups is 1. The Kier molecular flexibility index (Phi) is 4.67. The molecule has 1 saturated heterocycles. The summed E-state index contributed by atoms with van der Waals surface area (Å²) in [6.07, 6.45) is 2.68. The number of halogens is 1. The maximum Gasteiger partial charge on any atom is 0.274 e. The molecule has 1 fully saturated rings. The van der Waals surface area contributed by atoms with Crippen LogP contribution in [0.4, 0.5) is 4.39 Å². The predicted octanol–water partition coefficient (Wildman–Crippen LogP) is 2.69. The monoisotopic (exact) mass is 352 g/mol. The summed E-state index contributed by atoms with van der Waals surface area (Å²) in [4.78, 5) is 18.7. The van der Waals surface area contributed by atoms with Gasteiger partial charge in [0.2, 0.25) is 5.95 Å². The number of rotatable bonds is 5. The summed E-state index contributed by atoms with van der Waals surface area (Å²) in [5, 5.41) is 2.79. The molecule has 6 heteroatoms. The summed E-state index contributed by atoms with van der Waals surface area (Å²) in [7, 11) is 0. The third-order valence-electron chi connectivity index (χ3n) is 4.94. The second-order valence-corrected chi connectivity index (χ2v) is 6.63. The highest BCUT2D eigenvalue weighted by Crippen LogP contribution is 2.26. The molecule has 3 aromatic rings. The second kappa shape index (κ2) is 7.25. The molecule has 4 rings (SSSR count). The van der Waals surface area contributed by atoms with E-state index >= 15 is 0 Å². The largest absolute Gasteiger partial charge is 0.349 e. The summed E-state index contributed by atoms with van der Waals surface area (Å²) in [6, 6.07) is 15.7. The summed E-state index contributed by atoms with van der Waals surface area (Å²) >= 11 is 0. The zero-order chi connectivity index (χ0) is 17.9. The Hall–Kier alpha value is -2.73. The van der Waals surface area contributed by atoms with Crippen LogP contribution in [0, 0.1) is 5.95 Å². The Bertz CT molecular complexity index is 909. The van der Waals surface area contributed by atoms with Crippen LogP contribution in [0.25, 0.3) is 5.65 Å². The number of amides is 1.